The number of carbonyl (C=O) groups excluding carboxylic acids is 2. The fraction of sp³-hybridized carbons (Fsp3) is 0.200. The second-order valence-corrected chi connectivity index (χ2v) is 4.44. The largest absolute Gasteiger partial charge is 0.461 e. The molecule has 90 valence electrons. The molecule has 3 heteroatoms. The summed E-state index contributed by atoms with van der Waals surface area (Å²) in [5, 5.41) is 0. The Hall–Kier alpha value is -2.16. The highest BCUT2D eigenvalue weighted by Gasteiger charge is 2.34. The van der Waals surface area contributed by atoms with Crippen molar-refractivity contribution in [3.05, 3.63) is 59.5 Å². The van der Waals surface area contributed by atoms with E-state index in [1.54, 1.807) is 12.1 Å². The van der Waals surface area contributed by atoms with Crippen LogP contribution in [0.1, 0.15) is 34.0 Å². The highest BCUT2D eigenvalue weighted by Crippen LogP contribution is 2.31. The number of benzene rings is 1. The van der Waals surface area contributed by atoms with Crippen molar-refractivity contribution in [1.82, 2.24) is 0 Å². The van der Waals surface area contributed by atoms with E-state index in [9.17, 15) is 9.59 Å². The lowest BCUT2D eigenvalue weighted by Gasteiger charge is -2.22. The van der Waals surface area contributed by atoms with E-state index in [0.717, 1.165) is 17.5 Å². The zero-order valence-electron chi connectivity index (χ0n) is 9.76. The van der Waals surface area contributed by atoms with Crippen LogP contribution in [0.3, 0.4) is 0 Å². The summed E-state index contributed by atoms with van der Waals surface area (Å²) < 4.78 is 5.11. The minimum absolute atomic E-state index is 0.0184. The van der Waals surface area contributed by atoms with Gasteiger partial charge in [0.05, 0.1) is 6.26 Å². The maximum Gasteiger partial charge on any atom is 0.212 e. The van der Waals surface area contributed by atoms with E-state index < -0.39 is 5.92 Å². The van der Waals surface area contributed by atoms with Crippen LogP contribution in [0.25, 0.3) is 0 Å². The highest BCUT2D eigenvalue weighted by atomic mass is 16.3. The molecule has 1 atom stereocenters. The predicted molar refractivity (Wildman–Crippen MR) is 65.5 cm³/mol. The van der Waals surface area contributed by atoms with E-state index in [1.165, 1.54) is 6.26 Å². The molecule has 1 aliphatic rings. The predicted octanol–water partition coefficient (Wildman–Crippen LogP) is 2.76. The van der Waals surface area contributed by atoms with Gasteiger partial charge in [0.1, 0.15) is 11.7 Å². The lowest BCUT2D eigenvalue weighted by atomic mass is 9.79. The number of hydrogen-bond donors (Lipinski definition) is 0. The first-order chi connectivity index (χ1) is 8.77. The first-order valence-corrected chi connectivity index (χ1v) is 5.95. The first kappa shape index (κ1) is 11.0. The van der Waals surface area contributed by atoms with Crippen molar-refractivity contribution in [2.45, 2.75) is 18.8 Å². The second-order valence-electron chi connectivity index (χ2n) is 4.44. The third kappa shape index (κ3) is 1.68. The van der Waals surface area contributed by atoms with E-state index in [1.807, 2.05) is 24.3 Å². The molecular weight excluding hydrogens is 228 g/mol. The van der Waals surface area contributed by atoms with Gasteiger partial charge in [-0.25, -0.2) is 0 Å². The van der Waals surface area contributed by atoms with Crippen LogP contribution in [0.5, 0.6) is 0 Å². The van der Waals surface area contributed by atoms with Gasteiger partial charge in [0, 0.05) is 6.42 Å². The molecule has 1 heterocycles. The van der Waals surface area contributed by atoms with Crippen LogP contribution < -0.4 is 0 Å². The van der Waals surface area contributed by atoms with Crippen LogP contribution in [0.2, 0.25) is 0 Å². The zero-order valence-corrected chi connectivity index (χ0v) is 9.76. The Balaban J connectivity index is 2.06. The van der Waals surface area contributed by atoms with Crippen LogP contribution >= 0.6 is 0 Å². The fourth-order valence-electron chi connectivity index (χ4n) is 2.47. The highest BCUT2D eigenvalue weighted by molar-refractivity contribution is 6.14. The van der Waals surface area contributed by atoms with Gasteiger partial charge in [-0.05, 0) is 29.7 Å². The summed E-state index contributed by atoms with van der Waals surface area (Å²) >= 11 is 0. The number of aryl methyl sites for hydroxylation is 1. The number of fused-ring (bicyclic) bond motifs is 1. The van der Waals surface area contributed by atoms with Crippen LogP contribution in [0.15, 0.2) is 47.1 Å². The molecule has 0 amide bonds. The van der Waals surface area contributed by atoms with Crippen LogP contribution in [0, 0.1) is 0 Å². The standard InChI is InChI=1S/C15H12O3/c16-12-8-7-10-4-1-2-5-11(10)14(12)15(17)13-6-3-9-18-13/h1-6,9,14H,7-8H2. The van der Waals surface area contributed by atoms with Gasteiger partial charge in [-0.2, -0.15) is 0 Å². The third-order valence-corrected chi connectivity index (χ3v) is 3.36. The Kier molecular flexibility index (Phi) is 2.59. The third-order valence-electron chi connectivity index (χ3n) is 3.36. The molecule has 1 aromatic carbocycles. The molecule has 0 aliphatic heterocycles. The van der Waals surface area contributed by atoms with Crippen LogP contribution in [0.4, 0.5) is 0 Å². The smallest absolute Gasteiger partial charge is 0.212 e. The van der Waals surface area contributed by atoms with Crippen molar-refractivity contribution < 1.29 is 14.0 Å². The van der Waals surface area contributed by atoms with Crippen molar-refractivity contribution in [2.24, 2.45) is 0 Å². The number of ketones is 2. The fourth-order valence-corrected chi connectivity index (χ4v) is 2.47. The molecule has 0 saturated heterocycles. The Morgan fingerprint density at radius 1 is 1.11 bits per heavy atom. The first-order valence-electron chi connectivity index (χ1n) is 5.95. The maximum absolute atomic E-state index is 12.3. The van der Waals surface area contributed by atoms with Gasteiger partial charge < -0.3 is 4.42 Å². The van der Waals surface area contributed by atoms with E-state index in [2.05, 4.69) is 0 Å². The molecular formula is C15H12O3. The van der Waals surface area contributed by atoms with Gasteiger partial charge in [0.25, 0.3) is 0 Å². The summed E-state index contributed by atoms with van der Waals surface area (Å²) in [4.78, 5) is 24.4. The van der Waals surface area contributed by atoms with Crippen molar-refractivity contribution in [3.8, 4) is 0 Å². The molecule has 18 heavy (non-hydrogen) atoms. The average Bonchev–Trinajstić information content (AvgIpc) is 2.92. The van der Waals surface area contributed by atoms with E-state index >= 15 is 0 Å². The lowest BCUT2D eigenvalue weighted by Crippen LogP contribution is -2.27. The second kappa shape index (κ2) is 4.26. The van der Waals surface area contributed by atoms with E-state index in [4.69, 9.17) is 4.42 Å². The Labute approximate surface area is 104 Å². The van der Waals surface area contributed by atoms with Gasteiger partial charge in [-0.15, -0.1) is 0 Å². The average molecular weight is 240 g/mol. The summed E-state index contributed by atoms with van der Waals surface area (Å²) in [6.07, 6.45) is 2.59. The molecule has 0 N–H and O–H groups in total. The van der Waals surface area contributed by atoms with Crippen molar-refractivity contribution in [1.29, 1.82) is 0 Å². The van der Waals surface area contributed by atoms with Crippen LogP contribution in [-0.4, -0.2) is 11.6 Å². The van der Waals surface area contributed by atoms with Gasteiger partial charge in [0.2, 0.25) is 5.78 Å². The van der Waals surface area contributed by atoms with E-state index in [0.29, 0.717) is 6.42 Å². The molecule has 3 rings (SSSR count). The summed E-state index contributed by atoms with van der Waals surface area (Å²) in [6.45, 7) is 0. The molecule has 1 unspecified atom stereocenters. The van der Waals surface area contributed by atoms with Crippen LogP contribution in [-0.2, 0) is 11.2 Å². The SMILES string of the molecule is O=C1CCc2ccccc2C1C(=O)c1ccco1. The van der Waals surface area contributed by atoms with Gasteiger partial charge in [0.15, 0.2) is 5.76 Å². The normalized spacial score (nSPS) is 18.4. The maximum atomic E-state index is 12.3. The molecule has 1 aromatic heterocycles. The lowest BCUT2D eigenvalue weighted by molar-refractivity contribution is -0.119. The molecule has 1 aliphatic carbocycles. The number of rotatable bonds is 2. The van der Waals surface area contributed by atoms with E-state index in [-0.39, 0.29) is 17.3 Å². The number of furan rings is 1. The number of carbonyl (C=O) groups is 2. The quantitative estimate of drug-likeness (QED) is 0.599. The molecule has 0 bridgehead atoms. The summed E-state index contributed by atoms with van der Waals surface area (Å²) in [5.41, 5.74) is 1.91. The molecule has 2 aromatic rings. The monoisotopic (exact) mass is 240 g/mol. The molecule has 0 saturated carbocycles. The van der Waals surface area contributed by atoms with Gasteiger partial charge >= 0.3 is 0 Å². The Morgan fingerprint density at radius 3 is 2.72 bits per heavy atom. The molecule has 0 radical (unpaired) electrons. The van der Waals surface area contributed by atoms with Gasteiger partial charge in [-0.1, -0.05) is 24.3 Å². The molecule has 3 nitrogen and oxygen atoms in total. The summed E-state index contributed by atoms with van der Waals surface area (Å²) in [5.74, 6) is -0.696. The van der Waals surface area contributed by atoms with Gasteiger partial charge in [-0.3, -0.25) is 9.59 Å². The number of hydrogen-bond acceptors (Lipinski definition) is 3. The minimum Gasteiger partial charge on any atom is -0.461 e. The molecule has 0 fully saturated rings. The Morgan fingerprint density at radius 2 is 1.94 bits per heavy atom. The minimum atomic E-state index is -0.693. The topological polar surface area (TPSA) is 47.3 Å². The summed E-state index contributed by atoms with van der Waals surface area (Å²) in [7, 11) is 0. The van der Waals surface area contributed by atoms with Crippen molar-refractivity contribution >= 4 is 11.6 Å². The molecule has 0 spiro atoms. The zero-order chi connectivity index (χ0) is 12.5. The Bertz CT molecular complexity index is 596. The number of Topliss-reactive ketones (excluding diaryl/α,β-unsaturated/α-hetero) is 2. The van der Waals surface area contributed by atoms with Crippen molar-refractivity contribution in [2.75, 3.05) is 0 Å². The van der Waals surface area contributed by atoms with Crippen molar-refractivity contribution in [3.63, 3.8) is 0 Å². The summed E-state index contributed by atoms with van der Waals surface area (Å²) in [6, 6.07) is 10.9.